The molecule has 2 unspecified atom stereocenters. The van der Waals surface area contributed by atoms with E-state index in [4.69, 9.17) is 9.47 Å². The van der Waals surface area contributed by atoms with Crippen LogP contribution in [0.25, 0.3) is 0 Å². The molecule has 2 nitrogen and oxygen atoms in total. The van der Waals surface area contributed by atoms with Crippen molar-refractivity contribution in [3.8, 4) is 0 Å². The summed E-state index contributed by atoms with van der Waals surface area (Å²) in [6.07, 6.45) is 4.85. The van der Waals surface area contributed by atoms with Gasteiger partial charge in [-0.15, -0.1) is 11.8 Å². The van der Waals surface area contributed by atoms with E-state index in [0.717, 1.165) is 0 Å². The van der Waals surface area contributed by atoms with Crippen LogP contribution in [-0.4, -0.2) is 26.4 Å². The molecule has 2 heterocycles. The van der Waals surface area contributed by atoms with Crippen molar-refractivity contribution in [2.45, 2.75) is 22.7 Å². The van der Waals surface area contributed by atoms with Gasteiger partial charge in [-0.1, -0.05) is 36.4 Å². The Hall–Kier alpha value is -0.770. The SMILES string of the molecule is CO[C@H]1C=C[C@@H](OC)C2C1[C@H]1S[C@@H]2c2ccccc21. The summed E-state index contributed by atoms with van der Waals surface area (Å²) in [7, 11) is 3.64. The summed E-state index contributed by atoms with van der Waals surface area (Å²) in [5.41, 5.74) is 3.04. The van der Waals surface area contributed by atoms with Crippen LogP contribution in [0.1, 0.15) is 21.6 Å². The molecule has 0 amide bonds. The molecule has 0 spiro atoms. The second-order valence-corrected chi connectivity index (χ2v) is 6.83. The molecule has 3 heteroatoms. The Bertz CT molecular complexity index is 482. The molecular formula is C16H18O2S. The van der Waals surface area contributed by atoms with E-state index in [1.54, 1.807) is 0 Å². The van der Waals surface area contributed by atoms with Gasteiger partial charge in [0.1, 0.15) is 0 Å². The van der Waals surface area contributed by atoms with Crippen molar-refractivity contribution in [3.63, 3.8) is 0 Å². The highest BCUT2D eigenvalue weighted by atomic mass is 32.2. The maximum Gasteiger partial charge on any atom is 0.0799 e. The average Bonchev–Trinajstić information content (AvgIpc) is 3.04. The summed E-state index contributed by atoms with van der Waals surface area (Å²) < 4.78 is 11.4. The van der Waals surface area contributed by atoms with E-state index in [-0.39, 0.29) is 12.2 Å². The lowest BCUT2D eigenvalue weighted by atomic mass is 9.68. The Balaban J connectivity index is 1.81. The third-order valence-electron chi connectivity index (χ3n) is 4.84. The molecule has 4 rings (SSSR count). The zero-order valence-electron chi connectivity index (χ0n) is 11.2. The predicted molar refractivity (Wildman–Crippen MR) is 77.2 cm³/mol. The van der Waals surface area contributed by atoms with Gasteiger partial charge in [-0.2, -0.15) is 0 Å². The van der Waals surface area contributed by atoms with E-state index in [1.165, 1.54) is 11.1 Å². The molecular weight excluding hydrogens is 256 g/mol. The smallest absolute Gasteiger partial charge is 0.0799 e. The number of fused-ring (bicyclic) bond motifs is 8. The van der Waals surface area contributed by atoms with Crippen molar-refractivity contribution in [2.24, 2.45) is 11.8 Å². The number of rotatable bonds is 2. The van der Waals surface area contributed by atoms with Gasteiger partial charge in [-0.3, -0.25) is 0 Å². The van der Waals surface area contributed by atoms with E-state index >= 15 is 0 Å². The van der Waals surface area contributed by atoms with Crippen molar-refractivity contribution in [1.82, 2.24) is 0 Å². The summed E-state index contributed by atoms with van der Waals surface area (Å²) in [5.74, 6) is 1.09. The third-order valence-corrected chi connectivity index (χ3v) is 6.56. The van der Waals surface area contributed by atoms with Crippen molar-refractivity contribution >= 4 is 11.8 Å². The number of methoxy groups -OCH3 is 2. The molecule has 1 aromatic carbocycles. The molecule has 1 aliphatic carbocycles. The highest BCUT2D eigenvalue weighted by Gasteiger charge is 2.57. The second kappa shape index (κ2) is 4.37. The summed E-state index contributed by atoms with van der Waals surface area (Å²) in [5, 5.41) is 1.14. The predicted octanol–water partition coefficient (Wildman–Crippen LogP) is 3.36. The molecule has 0 N–H and O–H groups in total. The Labute approximate surface area is 118 Å². The first-order valence-electron chi connectivity index (χ1n) is 6.83. The Kier molecular flexibility index (Phi) is 2.76. The van der Waals surface area contributed by atoms with Crippen LogP contribution in [0, 0.1) is 11.8 Å². The molecule has 3 aliphatic rings. The Morgan fingerprint density at radius 3 is 1.74 bits per heavy atom. The monoisotopic (exact) mass is 274 g/mol. The molecule has 100 valence electrons. The highest BCUT2D eigenvalue weighted by molar-refractivity contribution is 8.00. The van der Waals surface area contributed by atoms with Crippen molar-refractivity contribution in [2.75, 3.05) is 14.2 Å². The zero-order valence-corrected chi connectivity index (χ0v) is 12.0. The molecule has 1 aromatic rings. The van der Waals surface area contributed by atoms with Gasteiger partial charge in [0.2, 0.25) is 0 Å². The lowest BCUT2D eigenvalue weighted by Gasteiger charge is -2.40. The topological polar surface area (TPSA) is 18.5 Å². The van der Waals surface area contributed by atoms with Crippen LogP contribution in [0.15, 0.2) is 36.4 Å². The molecule has 6 atom stereocenters. The first-order valence-corrected chi connectivity index (χ1v) is 7.77. The van der Waals surface area contributed by atoms with Crippen LogP contribution in [0.5, 0.6) is 0 Å². The maximum atomic E-state index is 5.71. The Morgan fingerprint density at radius 2 is 1.32 bits per heavy atom. The van der Waals surface area contributed by atoms with Gasteiger partial charge in [-0.25, -0.2) is 0 Å². The fourth-order valence-electron chi connectivity index (χ4n) is 4.06. The standard InChI is InChI=1S/C16H18O2S/c1-17-11-7-8-12(18-2)14-13(11)15-9-5-3-4-6-10(9)16(14)19-15/h3-8,11-16H,1-2H3/t11-,12+,13?,14?,15-,16+. The van der Waals surface area contributed by atoms with Crippen LogP contribution in [0.4, 0.5) is 0 Å². The normalized spacial score (nSPS) is 42.2. The third kappa shape index (κ3) is 1.52. The molecule has 1 fully saturated rings. The summed E-state index contributed by atoms with van der Waals surface area (Å²) >= 11 is 2.10. The molecule has 1 saturated heterocycles. The number of hydrogen-bond acceptors (Lipinski definition) is 3. The van der Waals surface area contributed by atoms with Crippen molar-refractivity contribution < 1.29 is 9.47 Å². The van der Waals surface area contributed by atoms with Gasteiger partial charge < -0.3 is 9.47 Å². The fraction of sp³-hybridized carbons (Fsp3) is 0.500. The van der Waals surface area contributed by atoms with E-state index in [2.05, 4.69) is 48.2 Å². The Morgan fingerprint density at radius 1 is 0.842 bits per heavy atom. The van der Waals surface area contributed by atoms with Crippen molar-refractivity contribution in [3.05, 3.63) is 47.5 Å². The highest BCUT2D eigenvalue weighted by Crippen LogP contribution is 2.69. The second-order valence-electron chi connectivity index (χ2n) is 5.55. The first-order chi connectivity index (χ1) is 9.35. The van der Waals surface area contributed by atoms with E-state index in [9.17, 15) is 0 Å². The van der Waals surface area contributed by atoms with Gasteiger partial charge in [-0.05, 0) is 11.1 Å². The van der Waals surface area contributed by atoms with Gasteiger partial charge >= 0.3 is 0 Å². The van der Waals surface area contributed by atoms with E-state index in [0.29, 0.717) is 22.3 Å². The van der Waals surface area contributed by atoms with Crippen LogP contribution < -0.4 is 0 Å². The minimum atomic E-state index is 0.229. The van der Waals surface area contributed by atoms with Gasteiger partial charge in [0, 0.05) is 36.6 Å². The molecule has 0 aromatic heterocycles. The molecule has 2 aliphatic heterocycles. The van der Waals surface area contributed by atoms with E-state index in [1.807, 2.05) is 14.2 Å². The van der Waals surface area contributed by atoms with Crippen LogP contribution in [0.3, 0.4) is 0 Å². The summed E-state index contributed by atoms with van der Waals surface area (Å²) in [6.45, 7) is 0. The number of benzene rings is 1. The van der Waals surface area contributed by atoms with Crippen LogP contribution >= 0.6 is 11.8 Å². The quantitative estimate of drug-likeness (QED) is 0.770. The van der Waals surface area contributed by atoms with Crippen LogP contribution in [-0.2, 0) is 9.47 Å². The lowest BCUT2D eigenvalue weighted by molar-refractivity contribution is -0.00722. The van der Waals surface area contributed by atoms with Gasteiger partial charge in [0.15, 0.2) is 0 Å². The molecule has 2 bridgehead atoms. The maximum absolute atomic E-state index is 5.71. The number of ether oxygens (including phenoxy) is 2. The van der Waals surface area contributed by atoms with E-state index < -0.39 is 0 Å². The number of thioether (sulfide) groups is 1. The molecule has 0 radical (unpaired) electrons. The lowest BCUT2D eigenvalue weighted by Crippen LogP contribution is -2.41. The fourth-order valence-corrected chi connectivity index (χ4v) is 6.14. The summed E-state index contributed by atoms with van der Waals surface area (Å²) in [6, 6.07) is 8.89. The first kappa shape index (κ1) is 12.0. The average molecular weight is 274 g/mol. The largest absolute Gasteiger partial charge is 0.377 e. The molecule has 0 saturated carbocycles. The zero-order chi connectivity index (χ0) is 13.0. The summed E-state index contributed by atoms with van der Waals surface area (Å²) in [4.78, 5) is 0. The minimum absolute atomic E-state index is 0.229. The minimum Gasteiger partial charge on any atom is -0.377 e. The molecule has 19 heavy (non-hydrogen) atoms. The number of hydrogen-bond donors (Lipinski definition) is 0. The van der Waals surface area contributed by atoms with Gasteiger partial charge in [0.25, 0.3) is 0 Å². The van der Waals surface area contributed by atoms with Crippen LogP contribution in [0.2, 0.25) is 0 Å². The van der Waals surface area contributed by atoms with Crippen molar-refractivity contribution in [1.29, 1.82) is 0 Å². The van der Waals surface area contributed by atoms with Gasteiger partial charge in [0.05, 0.1) is 12.2 Å².